The van der Waals surface area contributed by atoms with Crippen molar-refractivity contribution in [2.75, 3.05) is 19.0 Å². The number of hydrogen-bond donors (Lipinski definition) is 2. The minimum Gasteiger partial charge on any atom is -0.469 e. The molecule has 1 atom stereocenters. The van der Waals surface area contributed by atoms with Gasteiger partial charge in [-0.3, -0.25) is 9.59 Å². The van der Waals surface area contributed by atoms with E-state index in [4.69, 9.17) is 0 Å². The van der Waals surface area contributed by atoms with Gasteiger partial charge < -0.3 is 15.4 Å². The Morgan fingerprint density at radius 1 is 1.33 bits per heavy atom. The highest BCUT2D eigenvalue weighted by Gasteiger charge is 2.26. The van der Waals surface area contributed by atoms with Crippen LogP contribution < -0.4 is 10.6 Å². The number of nitrogens with one attached hydrogen (secondary N) is 2. The largest absolute Gasteiger partial charge is 0.469 e. The maximum atomic E-state index is 13.4. The molecule has 1 unspecified atom stereocenters. The number of hydrogen-bond acceptors (Lipinski definition) is 4. The van der Waals surface area contributed by atoms with Crippen LogP contribution in [-0.4, -0.2) is 31.1 Å². The fourth-order valence-corrected chi connectivity index (χ4v) is 1.75. The lowest BCUT2D eigenvalue weighted by atomic mass is 9.94. The number of rotatable bonds is 7. The second kappa shape index (κ2) is 7.73. The van der Waals surface area contributed by atoms with Gasteiger partial charge in [0.05, 0.1) is 25.8 Å². The first-order valence-corrected chi connectivity index (χ1v) is 6.76. The quantitative estimate of drug-likeness (QED) is 0.756. The number of ether oxygens (including phenoxy) is 1. The summed E-state index contributed by atoms with van der Waals surface area (Å²) in [5.41, 5.74) is -0.407. The third-order valence-corrected chi connectivity index (χ3v) is 3.37. The van der Waals surface area contributed by atoms with Crippen LogP contribution in [-0.2, 0) is 14.3 Å². The Morgan fingerprint density at radius 3 is 2.57 bits per heavy atom. The highest BCUT2D eigenvalue weighted by atomic mass is 19.1. The Bertz CT molecular complexity index is 507. The fourth-order valence-electron chi connectivity index (χ4n) is 1.75. The van der Waals surface area contributed by atoms with Gasteiger partial charge in [0.2, 0.25) is 5.91 Å². The van der Waals surface area contributed by atoms with Crippen molar-refractivity contribution in [2.24, 2.45) is 0 Å². The average molecular weight is 296 g/mol. The summed E-state index contributed by atoms with van der Waals surface area (Å²) < 4.78 is 18.0. The Hall–Kier alpha value is -1.95. The second-order valence-corrected chi connectivity index (χ2v) is 5.05. The summed E-state index contributed by atoms with van der Waals surface area (Å²) in [6, 6.07) is 5.95. The zero-order valence-electron chi connectivity index (χ0n) is 12.5. The van der Waals surface area contributed by atoms with E-state index >= 15 is 0 Å². The van der Waals surface area contributed by atoms with Gasteiger partial charge in [-0.1, -0.05) is 19.1 Å². The molecule has 21 heavy (non-hydrogen) atoms. The van der Waals surface area contributed by atoms with E-state index in [0.29, 0.717) is 6.42 Å². The highest BCUT2D eigenvalue weighted by Crippen LogP contribution is 2.15. The Kier molecular flexibility index (Phi) is 6.30. The van der Waals surface area contributed by atoms with Crippen molar-refractivity contribution in [3.63, 3.8) is 0 Å². The van der Waals surface area contributed by atoms with E-state index in [0.717, 1.165) is 0 Å². The number of para-hydroxylation sites is 1. The van der Waals surface area contributed by atoms with Crippen LogP contribution in [0, 0.1) is 5.82 Å². The zero-order chi connectivity index (χ0) is 15.9. The summed E-state index contributed by atoms with van der Waals surface area (Å²) in [6.45, 7) is 3.72. The van der Waals surface area contributed by atoms with Crippen molar-refractivity contribution in [3.05, 3.63) is 30.1 Å². The highest BCUT2D eigenvalue weighted by molar-refractivity contribution is 5.92. The lowest BCUT2D eigenvalue weighted by Gasteiger charge is -2.28. The van der Waals surface area contributed by atoms with Crippen molar-refractivity contribution in [2.45, 2.75) is 32.2 Å². The van der Waals surface area contributed by atoms with Gasteiger partial charge in [-0.25, -0.2) is 4.39 Å². The number of methoxy groups -OCH3 is 1. The van der Waals surface area contributed by atoms with E-state index < -0.39 is 11.4 Å². The molecular formula is C15H21FN2O3. The smallest absolute Gasteiger partial charge is 0.307 e. The van der Waals surface area contributed by atoms with Gasteiger partial charge in [-0.15, -0.1) is 0 Å². The molecule has 2 N–H and O–H groups in total. The van der Waals surface area contributed by atoms with Gasteiger partial charge in [0.1, 0.15) is 5.82 Å². The minimum atomic E-state index is -0.542. The molecule has 116 valence electrons. The predicted octanol–water partition coefficient (Wildman–Crippen LogP) is 2.09. The molecule has 0 spiro atoms. The Labute approximate surface area is 123 Å². The van der Waals surface area contributed by atoms with Crippen molar-refractivity contribution < 1.29 is 18.7 Å². The predicted molar refractivity (Wildman–Crippen MR) is 78.4 cm³/mol. The first-order valence-electron chi connectivity index (χ1n) is 6.76. The van der Waals surface area contributed by atoms with Crippen LogP contribution in [0.1, 0.15) is 26.7 Å². The molecule has 1 aromatic carbocycles. The lowest BCUT2D eigenvalue weighted by Crippen LogP contribution is -2.47. The van der Waals surface area contributed by atoms with E-state index in [2.05, 4.69) is 15.4 Å². The van der Waals surface area contributed by atoms with Gasteiger partial charge >= 0.3 is 5.97 Å². The first-order chi connectivity index (χ1) is 9.90. The molecule has 6 heteroatoms. The number of amides is 1. The van der Waals surface area contributed by atoms with Crippen LogP contribution in [0.3, 0.4) is 0 Å². The molecule has 0 heterocycles. The lowest BCUT2D eigenvalue weighted by molar-refractivity contribution is -0.142. The number of esters is 1. The molecular weight excluding hydrogens is 275 g/mol. The monoisotopic (exact) mass is 296 g/mol. The number of halogens is 1. The van der Waals surface area contributed by atoms with Crippen molar-refractivity contribution in [1.29, 1.82) is 0 Å². The standard InChI is InChI=1S/C15H21FN2O3/c1-4-15(2,9-14(20)21-3)17-10-13(19)18-12-8-6-5-7-11(12)16/h5-8,17H,4,9-10H2,1-3H3,(H,18,19). The third-order valence-electron chi connectivity index (χ3n) is 3.37. The molecule has 5 nitrogen and oxygen atoms in total. The van der Waals surface area contributed by atoms with Gasteiger partial charge in [0.25, 0.3) is 0 Å². The molecule has 0 aromatic heterocycles. The molecule has 0 radical (unpaired) electrons. The molecule has 0 bridgehead atoms. The Morgan fingerprint density at radius 2 is 2.00 bits per heavy atom. The van der Waals surface area contributed by atoms with Crippen LogP contribution in [0.2, 0.25) is 0 Å². The van der Waals surface area contributed by atoms with Crippen LogP contribution >= 0.6 is 0 Å². The molecule has 0 aliphatic heterocycles. The summed E-state index contributed by atoms with van der Waals surface area (Å²) in [4.78, 5) is 23.2. The fraction of sp³-hybridized carbons (Fsp3) is 0.467. The van der Waals surface area contributed by atoms with Crippen molar-refractivity contribution in [1.82, 2.24) is 5.32 Å². The number of anilines is 1. The second-order valence-electron chi connectivity index (χ2n) is 5.05. The normalized spacial score (nSPS) is 13.3. The average Bonchev–Trinajstić information content (AvgIpc) is 2.47. The summed E-state index contributed by atoms with van der Waals surface area (Å²) >= 11 is 0. The maximum absolute atomic E-state index is 13.4. The van der Waals surface area contributed by atoms with E-state index in [9.17, 15) is 14.0 Å². The molecule has 0 aliphatic rings. The molecule has 1 rings (SSSR count). The molecule has 0 fully saturated rings. The van der Waals surface area contributed by atoms with Crippen LogP contribution in [0.5, 0.6) is 0 Å². The van der Waals surface area contributed by atoms with E-state index in [-0.39, 0.29) is 30.5 Å². The minimum absolute atomic E-state index is 0.0182. The van der Waals surface area contributed by atoms with E-state index in [1.54, 1.807) is 12.1 Å². The third kappa shape index (κ3) is 5.51. The molecule has 0 saturated heterocycles. The maximum Gasteiger partial charge on any atom is 0.307 e. The summed E-state index contributed by atoms with van der Waals surface area (Å²) in [5, 5.41) is 5.50. The zero-order valence-corrected chi connectivity index (χ0v) is 12.5. The van der Waals surface area contributed by atoms with Gasteiger partial charge in [-0.05, 0) is 25.5 Å². The van der Waals surface area contributed by atoms with E-state index in [1.165, 1.54) is 19.2 Å². The molecule has 0 aliphatic carbocycles. The number of carbonyl (C=O) groups excluding carboxylic acids is 2. The van der Waals surface area contributed by atoms with Crippen molar-refractivity contribution >= 4 is 17.6 Å². The Balaban J connectivity index is 2.55. The van der Waals surface area contributed by atoms with Gasteiger partial charge in [0.15, 0.2) is 0 Å². The van der Waals surface area contributed by atoms with Crippen molar-refractivity contribution in [3.8, 4) is 0 Å². The van der Waals surface area contributed by atoms with Crippen LogP contribution in [0.4, 0.5) is 10.1 Å². The summed E-state index contributed by atoms with van der Waals surface area (Å²) in [6.07, 6.45) is 0.808. The number of carbonyl (C=O) groups is 2. The first kappa shape index (κ1) is 17.1. The summed E-state index contributed by atoms with van der Waals surface area (Å²) in [5.74, 6) is -1.20. The van der Waals surface area contributed by atoms with Gasteiger partial charge in [0, 0.05) is 5.54 Å². The van der Waals surface area contributed by atoms with Crippen LogP contribution in [0.25, 0.3) is 0 Å². The van der Waals surface area contributed by atoms with Crippen LogP contribution in [0.15, 0.2) is 24.3 Å². The van der Waals surface area contributed by atoms with E-state index in [1.807, 2.05) is 13.8 Å². The molecule has 0 saturated carbocycles. The number of benzene rings is 1. The van der Waals surface area contributed by atoms with Gasteiger partial charge in [-0.2, -0.15) is 0 Å². The molecule has 1 aromatic rings. The SMILES string of the molecule is CCC(C)(CC(=O)OC)NCC(=O)Nc1ccccc1F. The molecule has 1 amide bonds. The summed E-state index contributed by atoms with van der Waals surface area (Å²) in [7, 11) is 1.32. The topological polar surface area (TPSA) is 67.4 Å².